The van der Waals surface area contributed by atoms with Crippen molar-refractivity contribution in [3.63, 3.8) is 0 Å². The van der Waals surface area contributed by atoms with Gasteiger partial charge in [0.2, 0.25) is 11.8 Å². The molecule has 0 aromatic carbocycles. The minimum absolute atomic E-state index is 0.144. The zero-order valence-electron chi connectivity index (χ0n) is 11.0. The molecule has 0 unspecified atom stereocenters. The Bertz CT molecular complexity index is 525. The molecule has 0 N–H and O–H groups in total. The van der Waals surface area contributed by atoms with Crippen LogP contribution in [-0.2, 0) is 7.05 Å². The van der Waals surface area contributed by atoms with Gasteiger partial charge in [-0.3, -0.25) is 4.68 Å². The Morgan fingerprint density at radius 2 is 2.22 bits per heavy atom. The van der Waals surface area contributed by atoms with Crippen LogP contribution < -0.4 is 9.64 Å². The monoisotopic (exact) mass is 247 g/mol. The van der Waals surface area contributed by atoms with Gasteiger partial charge < -0.3 is 9.64 Å². The standard InChI is InChI=1S/C12H17N5O/c1-9(10-7-14-16(2)8-10)17(3)12-13-6-5-11(15-12)18-4/h5-9H,1-4H3/t9-/m0/s1. The van der Waals surface area contributed by atoms with Crippen molar-refractivity contribution >= 4 is 5.95 Å². The van der Waals surface area contributed by atoms with Gasteiger partial charge in [0, 0.05) is 38.1 Å². The molecule has 2 aromatic rings. The fourth-order valence-electron chi connectivity index (χ4n) is 1.67. The number of ether oxygens (including phenoxy) is 1. The lowest BCUT2D eigenvalue weighted by Crippen LogP contribution is -2.23. The quantitative estimate of drug-likeness (QED) is 0.817. The molecular weight excluding hydrogens is 230 g/mol. The highest BCUT2D eigenvalue weighted by atomic mass is 16.5. The molecule has 0 radical (unpaired) electrons. The van der Waals surface area contributed by atoms with Gasteiger partial charge in [0.15, 0.2) is 0 Å². The first-order valence-corrected chi connectivity index (χ1v) is 5.70. The minimum Gasteiger partial charge on any atom is -0.481 e. The van der Waals surface area contributed by atoms with Gasteiger partial charge in [-0.15, -0.1) is 0 Å². The van der Waals surface area contributed by atoms with Crippen molar-refractivity contribution in [3.05, 3.63) is 30.2 Å². The van der Waals surface area contributed by atoms with Gasteiger partial charge in [-0.05, 0) is 6.92 Å². The molecule has 1 atom stereocenters. The van der Waals surface area contributed by atoms with E-state index in [1.54, 1.807) is 24.1 Å². The molecule has 0 saturated carbocycles. The zero-order chi connectivity index (χ0) is 13.1. The number of aromatic nitrogens is 4. The highest BCUT2D eigenvalue weighted by molar-refractivity contribution is 5.35. The summed E-state index contributed by atoms with van der Waals surface area (Å²) in [5.41, 5.74) is 1.12. The first kappa shape index (κ1) is 12.3. The minimum atomic E-state index is 0.144. The summed E-state index contributed by atoms with van der Waals surface area (Å²) in [4.78, 5) is 10.5. The maximum Gasteiger partial charge on any atom is 0.228 e. The van der Waals surface area contributed by atoms with Gasteiger partial charge in [0.05, 0.1) is 19.3 Å². The van der Waals surface area contributed by atoms with E-state index in [0.717, 1.165) is 5.56 Å². The maximum absolute atomic E-state index is 5.10. The van der Waals surface area contributed by atoms with E-state index in [4.69, 9.17) is 4.74 Å². The van der Waals surface area contributed by atoms with E-state index in [1.807, 2.05) is 31.4 Å². The number of hydrogen-bond donors (Lipinski definition) is 0. The Kier molecular flexibility index (Phi) is 3.45. The molecule has 0 amide bonds. The fourth-order valence-corrected chi connectivity index (χ4v) is 1.67. The summed E-state index contributed by atoms with van der Waals surface area (Å²) in [7, 11) is 5.45. The smallest absolute Gasteiger partial charge is 0.228 e. The van der Waals surface area contributed by atoms with Crippen LogP contribution >= 0.6 is 0 Å². The molecule has 0 aliphatic heterocycles. The molecular formula is C12H17N5O. The maximum atomic E-state index is 5.10. The predicted molar refractivity (Wildman–Crippen MR) is 68.6 cm³/mol. The van der Waals surface area contributed by atoms with Crippen LogP contribution in [0.4, 0.5) is 5.95 Å². The third-order valence-electron chi connectivity index (χ3n) is 2.93. The fraction of sp³-hybridized carbons (Fsp3) is 0.417. The van der Waals surface area contributed by atoms with Gasteiger partial charge >= 0.3 is 0 Å². The third kappa shape index (κ3) is 2.42. The molecule has 6 nitrogen and oxygen atoms in total. The van der Waals surface area contributed by atoms with Crippen molar-refractivity contribution in [1.82, 2.24) is 19.7 Å². The average Bonchev–Trinajstić information content (AvgIpc) is 2.83. The second-order valence-corrected chi connectivity index (χ2v) is 4.13. The van der Waals surface area contributed by atoms with Crippen molar-refractivity contribution in [3.8, 4) is 5.88 Å². The SMILES string of the molecule is COc1ccnc(N(C)[C@@H](C)c2cnn(C)c2)n1. The van der Waals surface area contributed by atoms with Gasteiger partial charge in [-0.2, -0.15) is 10.1 Å². The summed E-state index contributed by atoms with van der Waals surface area (Å²) in [6.45, 7) is 2.08. The first-order chi connectivity index (χ1) is 8.61. The normalized spacial score (nSPS) is 12.2. The molecule has 2 rings (SSSR count). The molecule has 0 aliphatic carbocycles. The highest BCUT2D eigenvalue weighted by Crippen LogP contribution is 2.22. The predicted octanol–water partition coefficient (Wildman–Crippen LogP) is 1.42. The summed E-state index contributed by atoms with van der Waals surface area (Å²) in [5.74, 6) is 1.19. The van der Waals surface area contributed by atoms with Crippen LogP contribution in [-0.4, -0.2) is 33.9 Å². The largest absolute Gasteiger partial charge is 0.481 e. The number of rotatable bonds is 4. The van der Waals surface area contributed by atoms with Crippen molar-refractivity contribution < 1.29 is 4.74 Å². The van der Waals surface area contributed by atoms with Crippen LogP contribution in [0.2, 0.25) is 0 Å². The summed E-state index contributed by atoms with van der Waals surface area (Å²) in [5, 5.41) is 4.17. The van der Waals surface area contributed by atoms with Gasteiger partial charge in [0.1, 0.15) is 0 Å². The number of aryl methyl sites for hydroxylation is 1. The lowest BCUT2D eigenvalue weighted by molar-refractivity contribution is 0.396. The van der Waals surface area contributed by atoms with Crippen molar-refractivity contribution in [2.45, 2.75) is 13.0 Å². The van der Waals surface area contributed by atoms with E-state index in [9.17, 15) is 0 Å². The number of methoxy groups -OCH3 is 1. The molecule has 96 valence electrons. The molecule has 0 aliphatic rings. The average molecular weight is 247 g/mol. The molecule has 18 heavy (non-hydrogen) atoms. The van der Waals surface area contributed by atoms with Crippen LogP contribution in [0.25, 0.3) is 0 Å². The van der Waals surface area contributed by atoms with Gasteiger partial charge in [0.25, 0.3) is 0 Å². The van der Waals surface area contributed by atoms with Crippen molar-refractivity contribution in [2.24, 2.45) is 7.05 Å². The summed E-state index contributed by atoms with van der Waals surface area (Å²) in [6.07, 6.45) is 5.52. The summed E-state index contributed by atoms with van der Waals surface area (Å²) >= 11 is 0. The Balaban J connectivity index is 2.22. The molecule has 0 bridgehead atoms. The molecule has 0 spiro atoms. The lowest BCUT2D eigenvalue weighted by Gasteiger charge is -2.23. The molecule has 6 heteroatoms. The summed E-state index contributed by atoms with van der Waals surface area (Å²) < 4.78 is 6.88. The van der Waals surface area contributed by atoms with Crippen LogP contribution in [0.15, 0.2) is 24.7 Å². The molecule has 0 saturated heterocycles. The highest BCUT2D eigenvalue weighted by Gasteiger charge is 2.16. The van der Waals surface area contributed by atoms with Crippen molar-refractivity contribution in [2.75, 3.05) is 19.1 Å². The second-order valence-electron chi connectivity index (χ2n) is 4.13. The lowest BCUT2D eigenvalue weighted by atomic mass is 10.2. The Morgan fingerprint density at radius 3 is 2.83 bits per heavy atom. The molecule has 2 heterocycles. The first-order valence-electron chi connectivity index (χ1n) is 5.70. The van der Waals surface area contributed by atoms with E-state index in [-0.39, 0.29) is 6.04 Å². The van der Waals surface area contributed by atoms with E-state index in [0.29, 0.717) is 11.8 Å². The second kappa shape index (κ2) is 5.03. The van der Waals surface area contributed by atoms with Crippen LogP contribution in [0.1, 0.15) is 18.5 Å². The number of hydrogen-bond acceptors (Lipinski definition) is 5. The number of anilines is 1. The Hall–Kier alpha value is -2.11. The third-order valence-corrected chi connectivity index (χ3v) is 2.93. The van der Waals surface area contributed by atoms with Gasteiger partial charge in [-0.1, -0.05) is 0 Å². The van der Waals surface area contributed by atoms with Crippen LogP contribution in [0.3, 0.4) is 0 Å². The van der Waals surface area contributed by atoms with Gasteiger partial charge in [-0.25, -0.2) is 4.98 Å². The van der Waals surface area contributed by atoms with E-state index in [1.165, 1.54) is 0 Å². The van der Waals surface area contributed by atoms with E-state index < -0.39 is 0 Å². The summed E-state index contributed by atoms with van der Waals surface area (Å²) in [6, 6.07) is 1.87. The molecule has 2 aromatic heterocycles. The van der Waals surface area contributed by atoms with Crippen LogP contribution in [0.5, 0.6) is 5.88 Å². The Labute approximate surface area is 106 Å². The number of nitrogens with zero attached hydrogens (tertiary/aromatic N) is 5. The van der Waals surface area contributed by atoms with Crippen LogP contribution in [0, 0.1) is 0 Å². The topological polar surface area (TPSA) is 56.1 Å². The van der Waals surface area contributed by atoms with Crippen molar-refractivity contribution in [1.29, 1.82) is 0 Å². The molecule has 0 fully saturated rings. The van der Waals surface area contributed by atoms with E-state index >= 15 is 0 Å². The Morgan fingerprint density at radius 1 is 1.44 bits per heavy atom. The zero-order valence-corrected chi connectivity index (χ0v) is 11.0. The van der Waals surface area contributed by atoms with E-state index in [2.05, 4.69) is 22.0 Å².